The molecule has 0 radical (unpaired) electrons. The van der Waals surface area contributed by atoms with Gasteiger partial charge in [0.25, 0.3) is 5.91 Å². The average molecular weight is 364 g/mol. The maximum absolute atomic E-state index is 12.3. The van der Waals surface area contributed by atoms with E-state index in [-0.39, 0.29) is 5.91 Å². The van der Waals surface area contributed by atoms with Gasteiger partial charge in [0.05, 0.1) is 0 Å². The summed E-state index contributed by atoms with van der Waals surface area (Å²) in [6, 6.07) is 0. The number of thiazole rings is 1. The van der Waals surface area contributed by atoms with Crippen LogP contribution in [0.5, 0.6) is 0 Å². The number of allylic oxidation sites excluding steroid dienone is 3. The number of rotatable bonds is 7. The second-order valence-corrected chi connectivity index (χ2v) is 7.87. The van der Waals surface area contributed by atoms with Crippen LogP contribution in [0.1, 0.15) is 49.6 Å². The largest absolute Gasteiger partial charge is 0.289 e. The third-order valence-electron chi connectivity index (χ3n) is 2.99. The Bertz CT molecular complexity index is 760. The van der Waals surface area contributed by atoms with Gasteiger partial charge in [-0.05, 0) is 18.9 Å². The standard InChI is InChI=1S/C16H21N5OS2/c1-6-10(4)7-11(5)14-17-12(8-23-14)13(22)18-15-19-16(21-20-15)24-9(2)3/h7-9H,4,6H2,1-3,5H3,(H2,18,19,20,21,22)/b11-7+. The van der Waals surface area contributed by atoms with Crippen LogP contribution >= 0.6 is 23.1 Å². The number of hydrogen-bond donors (Lipinski definition) is 2. The van der Waals surface area contributed by atoms with Gasteiger partial charge in [0, 0.05) is 10.6 Å². The van der Waals surface area contributed by atoms with Crippen molar-refractivity contribution in [2.45, 2.75) is 44.5 Å². The first kappa shape index (κ1) is 18.4. The summed E-state index contributed by atoms with van der Waals surface area (Å²) in [6.45, 7) is 12.1. The molecule has 0 atom stereocenters. The molecule has 2 rings (SSSR count). The highest BCUT2D eigenvalue weighted by atomic mass is 32.2. The Balaban J connectivity index is 2.04. The molecule has 0 saturated heterocycles. The van der Waals surface area contributed by atoms with Crippen LogP contribution in [-0.4, -0.2) is 31.3 Å². The molecule has 8 heteroatoms. The van der Waals surface area contributed by atoms with Gasteiger partial charge in [0.1, 0.15) is 10.7 Å². The van der Waals surface area contributed by atoms with Crippen LogP contribution in [0.3, 0.4) is 0 Å². The van der Waals surface area contributed by atoms with Gasteiger partial charge in [0.15, 0.2) is 0 Å². The lowest BCUT2D eigenvalue weighted by Gasteiger charge is -1.99. The monoisotopic (exact) mass is 363 g/mol. The second-order valence-electron chi connectivity index (χ2n) is 5.46. The van der Waals surface area contributed by atoms with Gasteiger partial charge in [0.2, 0.25) is 11.1 Å². The average Bonchev–Trinajstić information content (AvgIpc) is 3.16. The predicted molar refractivity (Wildman–Crippen MR) is 101 cm³/mol. The molecule has 0 saturated carbocycles. The highest BCUT2D eigenvalue weighted by Crippen LogP contribution is 2.22. The van der Waals surface area contributed by atoms with Crippen LogP contribution in [0.15, 0.2) is 28.8 Å². The summed E-state index contributed by atoms with van der Waals surface area (Å²) in [5, 5.41) is 13.0. The fourth-order valence-electron chi connectivity index (χ4n) is 1.77. The van der Waals surface area contributed by atoms with Gasteiger partial charge in [-0.3, -0.25) is 10.1 Å². The van der Waals surface area contributed by atoms with E-state index < -0.39 is 0 Å². The Morgan fingerprint density at radius 2 is 2.25 bits per heavy atom. The van der Waals surface area contributed by atoms with Gasteiger partial charge in [-0.15, -0.1) is 16.4 Å². The number of aromatic nitrogens is 4. The predicted octanol–water partition coefficient (Wildman–Crippen LogP) is 4.38. The molecular formula is C16H21N5OS2. The highest BCUT2D eigenvalue weighted by Gasteiger charge is 2.14. The number of thioether (sulfide) groups is 1. The van der Waals surface area contributed by atoms with Crippen LogP contribution in [0, 0.1) is 0 Å². The number of carbonyl (C=O) groups excluding carboxylic acids is 1. The highest BCUT2D eigenvalue weighted by molar-refractivity contribution is 7.99. The lowest BCUT2D eigenvalue weighted by Crippen LogP contribution is -2.13. The van der Waals surface area contributed by atoms with Crippen LogP contribution in [0.4, 0.5) is 5.95 Å². The van der Waals surface area contributed by atoms with Crippen molar-refractivity contribution < 1.29 is 4.79 Å². The smallest absolute Gasteiger partial charge is 0.277 e. The van der Waals surface area contributed by atoms with Gasteiger partial charge >= 0.3 is 0 Å². The van der Waals surface area contributed by atoms with E-state index in [1.807, 2.05) is 13.0 Å². The van der Waals surface area contributed by atoms with Crippen molar-refractivity contribution in [2.75, 3.05) is 5.32 Å². The minimum Gasteiger partial charge on any atom is -0.289 e. The zero-order chi connectivity index (χ0) is 17.7. The number of H-pyrrole nitrogens is 1. The molecule has 6 nitrogen and oxygen atoms in total. The fourth-order valence-corrected chi connectivity index (χ4v) is 3.21. The van der Waals surface area contributed by atoms with E-state index in [2.05, 4.69) is 52.8 Å². The molecule has 2 heterocycles. The maximum atomic E-state index is 12.3. The van der Waals surface area contributed by atoms with E-state index in [1.165, 1.54) is 23.1 Å². The number of anilines is 1. The van der Waals surface area contributed by atoms with Gasteiger partial charge in [-0.1, -0.05) is 50.8 Å². The summed E-state index contributed by atoms with van der Waals surface area (Å²) in [5.41, 5.74) is 2.39. The van der Waals surface area contributed by atoms with Crippen molar-refractivity contribution in [3.8, 4) is 0 Å². The second kappa shape index (κ2) is 8.25. The van der Waals surface area contributed by atoms with E-state index in [9.17, 15) is 4.79 Å². The first-order valence-corrected chi connectivity index (χ1v) is 9.37. The summed E-state index contributed by atoms with van der Waals surface area (Å²) in [5.74, 6) is 0.0150. The molecule has 0 bridgehead atoms. The first-order valence-electron chi connectivity index (χ1n) is 7.61. The van der Waals surface area contributed by atoms with E-state index >= 15 is 0 Å². The number of amides is 1. The minimum atomic E-state index is -0.308. The first-order chi connectivity index (χ1) is 11.4. The Labute approximate surface area is 149 Å². The summed E-state index contributed by atoms with van der Waals surface area (Å²) < 4.78 is 0. The molecule has 1 amide bonds. The summed E-state index contributed by atoms with van der Waals surface area (Å²) in [6.07, 6.45) is 2.88. The van der Waals surface area contributed by atoms with Gasteiger partial charge in [-0.2, -0.15) is 4.98 Å². The van der Waals surface area contributed by atoms with Crippen LogP contribution in [-0.2, 0) is 0 Å². The molecule has 2 N–H and O–H groups in total. The Kier molecular flexibility index (Phi) is 6.33. The van der Waals surface area contributed by atoms with Crippen molar-refractivity contribution in [3.05, 3.63) is 34.3 Å². The van der Waals surface area contributed by atoms with Gasteiger partial charge in [-0.25, -0.2) is 10.1 Å². The van der Waals surface area contributed by atoms with E-state index in [4.69, 9.17) is 0 Å². The third kappa shape index (κ3) is 5.04. The zero-order valence-electron chi connectivity index (χ0n) is 14.2. The van der Waals surface area contributed by atoms with Crippen molar-refractivity contribution in [3.63, 3.8) is 0 Å². The summed E-state index contributed by atoms with van der Waals surface area (Å²) >= 11 is 2.95. The third-order valence-corrected chi connectivity index (χ3v) is 4.83. The minimum absolute atomic E-state index is 0.308. The molecule has 0 fully saturated rings. The van der Waals surface area contributed by atoms with Crippen molar-refractivity contribution in [2.24, 2.45) is 0 Å². The normalized spacial score (nSPS) is 11.8. The molecule has 2 aromatic rings. The molecule has 128 valence electrons. The van der Waals surface area contributed by atoms with Crippen LogP contribution in [0.25, 0.3) is 5.57 Å². The topological polar surface area (TPSA) is 83.6 Å². The molecule has 0 aromatic carbocycles. The Hall–Kier alpha value is -1.93. The van der Waals surface area contributed by atoms with Crippen LogP contribution < -0.4 is 5.32 Å². The van der Waals surface area contributed by atoms with Crippen molar-refractivity contribution in [1.82, 2.24) is 20.2 Å². The zero-order valence-corrected chi connectivity index (χ0v) is 15.8. The number of carbonyl (C=O) groups is 1. The number of hydrogen-bond acceptors (Lipinski definition) is 6. The van der Waals surface area contributed by atoms with E-state index in [1.54, 1.807) is 5.38 Å². The quantitative estimate of drug-likeness (QED) is 0.563. The molecular weight excluding hydrogens is 342 g/mol. The molecule has 0 aliphatic carbocycles. The molecule has 0 spiro atoms. The van der Waals surface area contributed by atoms with Gasteiger partial charge < -0.3 is 0 Å². The fraction of sp³-hybridized carbons (Fsp3) is 0.375. The Morgan fingerprint density at radius 3 is 2.92 bits per heavy atom. The number of nitrogens with zero attached hydrogens (tertiary/aromatic N) is 3. The van der Waals surface area contributed by atoms with Crippen LogP contribution in [0.2, 0.25) is 0 Å². The van der Waals surface area contributed by atoms with Crippen molar-refractivity contribution in [1.29, 1.82) is 0 Å². The van der Waals surface area contributed by atoms with Crippen molar-refractivity contribution >= 4 is 40.5 Å². The van der Waals surface area contributed by atoms with E-state index in [0.29, 0.717) is 22.0 Å². The number of aromatic amines is 1. The number of nitrogens with one attached hydrogen (secondary N) is 2. The maximum Gasteiger partial charge on any atom is 0.277 e. The lowest BCUT2D eigenvalue weighted by molar-refractivity contribution is 0.102. The molecule has 2 aromatic heterocycles. The lowest BCUT2D eigenvalue weighted by atomic mass is 10.1. The molecule has 0 unspecified atom stereocenters. The SMILES string of the molecule is C=C(/C=C(\C)c1nc(C(=O)Nc2nc(SC(C)C)n[nH]2)cs1)CC. The summed E-state index contributed by atoms with van der Waals surface area (Å²) in [4.78, 5) is 20.9. The Morgan fingerprint density at radius 1 is 1.50 bits per heavy atom. The summed E-state index contributed by atoms with van der Waals surface area (Å²) in [7, 11) is 0. The molecule has 24 heavy (non-hydrogen) atoms. The van der Waals surface area contributed by atoms with E-state index in [0.717, 1.165) is 22.6 Å². The molecule has 0 aliphatic heterocycles. The molecule has 0 aliphatic rings.